The molecule has 0 radical (unpaired) electrons. The Morgan fingerprint density at radius 1 is 1.26 bits per heavy atom. The Hall–Kier alpha value is -1.39. The smallest absolute Gasteiger partial charge is 0.238 e. The zero-order chi connectivity index (χ0) is 16.5. The van der Waals surface area contributed by atoms with Gasteiger partial charge in [-0.25, -0.2) is 5.43 Å². The van der Waals surface area contributed by atoms with Gasteiger partial charge in [0.15, 0.2) is 0 Å². The van der Waals surface area contributed by atoms with E-state index in [0.717, 1.165) is 32.2 Å². The Kier molecular flexibility index (Phi) is 4.47. The molecule has 1 saturated heterocycles. The second-order valence-corrected chi connectivity index (χ2v) is 7.79. The highest BCUT2D eigenvalue weighted by atomic mass is 16.2. The number of carbonyl (C=O) groups is 1. The Labute approximate surface area is 139 Å². The van der Waals surface area contributed by atoms with Crippen LogP contribution in [0.25, 0.3) is 0 Å². The van der Waals surface area contributed by atoms with Gasteiger partial charge in [-0.05, 0) is 30.2 Å². The number of hydrogen-bond donors (Lipinski definition) is 3. The van der Waals surface area contributed by atoms with E-state index in [1.807, 2.05) is 6.07 Å². The molecular formula is C19H29N3O. The first kappa shape index (κ1) is 16.5. The van der Waals surface area contributed by atoms with Crippen LogP contribution in [0.15, 0.2) is 30.3 Å². The highest BCUT2D eigenvalue weighted by Crippen LogP contribution is 2.63. The maximum Gasteiger partial charge on any atom is 0.238 e. The predicted octanol–water partition coefficient (Wildman–Crippen LogP) is 2.51. The molecule has 1 saturated carbocycles. The number of hydrazine groups is 1. The van der Waals surface area contributed by atoms with Crippen LogP contribution in [-0.4, -0.2) is 24.5 Å². The summed E-state index contributed by atoms with van der Waals surface area (Å²) < 4.78 is 0. The minimum atomic E-state index is -0.110. The summed E-state index contributed by atoms with van der Waals surface area (Å²) in [7, 11) is 0. The highest BCUT2D eigenvalue weighted by Gasteiger charge is 2.61. The van der Waals surface area contributed by atoms with Gasteiger partial charge in [0.2, 0.25) is 5.91 Å². The van der Waals surface area contributed by atoms with Gasteiger partial charge in [-0.2, -0.15) is 0 Å². The molecule has 1 aliphatic carbocycles. The van der Waals surface area contributed by atoms with Gasteiger partial charge in [0.25, 0.3) is 0 Å². The maximum absolute atomic E-state index is 12.5. The minimum absolute atomic E-state index is 0.0821. The number of hydrogen-bond acceptors (Lipinski definition) is 3. The van der Waals surface area contributed by atoms with Gasteiger partial charge >= 0.3 is 0 Å². The molecule has 3 N–H and O–H groups in total. The number of benzene rings is 1. The second kappa shape index (κ2) is 6.25. The molecule has 3 rings (SSSR count). The molecule has 23 heavy (non-hydrogen) atoms. The van der Waals surface area contributed by atoms with Crippen molar-refractivity contribution >= 4 is 5.91 Å². The third-order valence-corrected chi connectivity index (χ3v) is 5.74. The van der Waals surface area contributed by atoms with Crippen LogP contribution in [0, 0.1) is 5.41 Å². The predicted molar refractivity (Wildman–Crippen MR) is 92.9 cm³/mol. The van der Waals surface area contributed by atoms with Crippen LogP contribution >= 0.6 is 0 Å². The first-order valence-corrected chi connectivity index (χ1v) is 8.83. The standard InChI is InChI=1S/C19H29N3O/c1-4-8-15-11-16(22-21-15)17(23)20-13-19(12-18(19,2)3)14-9-6-5-7-10-14/h5-7,9-10,15-16,21-22H,4,8,11-13H2,1-3H3,(H,20,23). The van der Waals surface area contributed by atoms with E-state index in [1.54, 1.807) is 0 Å². The molecule has 3 atom stereocenters. The molecule has 2 fully saturated rings. The van der Waals surface area contributed by atoms with Crippen molar-refractivity contribution in [3.63, 3.8) is 0 Å². The normalized spacial score (nSPS) is 31.8. The van der Waals surface area contributed by atoms with E-state index < -0.39 is 0 Å². The van der Waals surface area contributed by atoms with Gasteiger partial charge in [-0.3, -0.25) is 10.2 Å². The van der Waals surface area contributed by atoms with Gasteiger partial charge in [0.05, 0.1) is 0 Å². The maximum atomic E-state index is 12.5. The molecule has 4 heteroatoms. The minimum Gasteiger partial charge on any atom is -0.354 e. The average Bonchev–Trinajstić information content (AvgIpc) is 2.88. The summed E-state index contributed by atoms with van der Waals surface area (Å²) in [5.74, 6) is 0.120. The molecule has 4 nitrogen and oxygen atoms in total. The van der Waals surface area contributed by atoms with Gasteiger partial charge in [0.1, 0.15) is 6.04 Å². The summed E-state index contributed by atoms with van der Waals surface area (Å²) in [5.41, 5.74) is 8.05. The van der Waals surface area contributed by atoms with E-state index in [2.05, 4.69) is 61.2 Å². The zero-order valence-corrected chi connectivity index (χ0v) is 14.5. The Balaban J connectivity index is 1.60. The number of rotatable bonds is 6. The van der Waals surface area contributed by atoms with Crippen LogP contribution in [0.5, 0.6) is 0 Å². The van der Waals surface area contributed by atoms with Crippen molar-refractivity contribution in [2.24, 2.45) is 5.41 Å². The molecule has 1 aliphatic heterocycles. The lowest BCUT2D eigenvalue weighted by Crippen LogP contribution is -2.46. The average molecular weight is 315 g/mol. The summed E-state index contributed by atoms with van der Waals surface area (Å²) in [5, 5.41) is 3.20. The summed E-state index contributed by atoms with van der Waals surface area (Å²) in [6.45, 7) is 7.48. The molecule has 1 aromatic carbocycles. The van der Waals surface area contributed by atoms with E-state index in [0.29, 0.717) is 6.04 Å². The lowest BCUT2D eigenvalue weighted by Gasteiger charge is -2.23. The van der Waals surface area contributed by atoms with E-state index in [1.165, 1.54) is 5.56 Å². The molecule has 1 heterocycles. The number of carbonyl (C=O) groups excluding carboxylic acids is 1. The number of amides is 1. The van der Waals surface area contributed by atoms with Crippen molar-refractivity contribution in [3.8, 4) is 0 Å². The van der Waals surface area contributed by atoms with Crippen molar-refractivity contribution in [2.45, 2.75) is 64.0 Å². The van der Waals surface area contributed by atoms with Crippen LogP contribution in [0.2, 0.25) is 0 Å². The van der Waals surface area contributed by atoms with Gasteiger partial charge < -0.3 is 5.32 Å². The topological polar surface area (TPSA) is 53.2 Å². The van der Waals surface area contributed by atoms with Crippen molar-refractivity contribution < 1.29 is 4.79 Å². The zero-order valence-electron chi connectivity index (χ0n) is 14.5. The van der Waals surface area contributed by atoms with Crippen molar-refractivity contribution in [1.82, 2.24) is 16.2 Å². The van der Waals surface area contributed by atoms with E-state index in [9.17, 15) is 4.79 Å². The monoisotopic (exact) mass is 315 g/mol. The van der Waals surface area contributed by atoms with Gasteiger partial charge in [-0.15, -0.1) is 0 Å². The summed E-state index contributed by atoms with van der Waals surface area (Å²) >= 11 is 0. The van der Waals surface area contributed by atoms with Gasteiger partial charge in [-0.1, -0.05) is 57.5 Å². The molecule has 0 spiro atoms. The number of nitrogens with one attached hydrogen (secondary N) is 3. The quantitative estimate of drug-likeness (QED) is 0.756. The summed E-state index contributed by atoms with van der Waals surface area (Å²) in [6.07, 6.45) is 4.25. The van der Waals surface area contributed by atoms with Crippen LogP contribution < -0.4 is 16.2 Å². The van der Waals surface area contributed by atoms with Crippen LogP contribution in [0.1, 0.15) is 52.0 Å². The molecule has 0 aromatic heterocycles. The van der Waals surface area contributed by atoms with Crippen LogP contribution in [-0.2, 0) is 10.2 Å². The first-order chi connectivity index (χ1) is 11.0. The molecule has 1 aromatic rings. The fourth-order valence-electron chi connectivity index (χ4n) is 4.06. The molecule has 126 valence electrons. The lowest BCUT2D eigenvalue weighted by molar-refractivity contribution is -0.123. The van der Waals surface area contributed by atoms with E-state index in [-0.39, 0.29) is 22.8 Å². The van der Waals surface area contributed by atoms with E-state index >= 15 is 0 Å². The third-order valence-electron chi connectivity index (χ3n) is 5.74. The van der Waals surface area contributed by atoms with Crippen molar-refractivity contribution in [2.75, 3.05) is 6.54 Å². The fourth-order valence-corrected chi connectivity index (χ4v) is 4.06. The molecule has 2 aliphatic rings. The van der Waals surface area contributed by atoms with Crippen LogP contribution in [0.4, 0.5) is 0 Å². The Morgan fingerprint density at radius 2 is 1.96 bits per heavy atom. The van der Waals surface area contributed by atoms with Crippen molar-refractivity contribution in [1.29, 1.82) is 0 Å². The van der Waals surface area contributed by atoms with Crippen LogP contribution in [0.3, 0.4) is 0 Å². The molecular weight excluding hydrogens is 286 g/mol. The van der Waals surface area contributed by atoms with Gasteiger partial charge in [0, 0.05) is 18.0 Å². The first-order valence-electron chi connectivity index (χ1n) is 8.83. The lowest BCUT2D eigenvalue weighted by atomic mass is 9.87. The molecule has 3 unspecified atom stereocenters. The second-order valence-electron chi connectivity index (χ2n) is 7.79. The van der Waals surface area contributed by atoms with Crippen molar-refractivity contribution in [3.05, 3.63) is 35.9 Å². The Bertz CT molecular complexity index is 557. The summed E-state index contributed by atoms with van der Waals surface area (Å²) in [4.78, 5) is 12.5. The fraction of sp³-hybridized carbons (Fsp3) is 0.632. The third kappa shape index (κ3) is 3.15. The summed E-state index contributed by atoms with van der Waals surface area (Å²) in [6, 6.07) is 10.9. The Morgan fingerprint density at radius 3 is 2.57 bits per heavy atom. The highest BCUT2D eigenvalue weighted by molar-refractivity contribution is 5.82. The molecule has 1 amide bonds. The molecule has 0 bridgehead atoms. The van der Waals surface area contributed by atoms with E-state index in [4.69, 9.17) is 0 Å². The SMILES string of the molecule is CCCC1CC(C(=O)NCC2(c3ccccc3)CC2(C)C)NN1. The largest absolute Gasteiger partial charge is 0.354 e.